The van der Waals surface area contributed by atoms with Crippen LogP contribution in [0.1, 0.15) is 32.6 Å². The minimum atomic E-state index is -3.57. The molecule has 114 valence electrons. The molecule has 0 saturated heterocycles. The SMILES string of the molecule is CN(C)S(=O)(=O)c1c(N)nsc1NCC1(C)CCCC1. The Kier molecular flexibility index (Phi) is 4.27. The number of rotatable bonds is 5. The lowest BCUT2D eigenvalue weighted by Gasteiger charge is -2.24. The maximum atomic E-state index is 12.3. The highest BCUT2D eigenvalue weighted by Gasteiger charge is 2.31. The molecule has 0 aliphatic heterocycles. The van der Waals surface area contributed by atoms with E-state index in [0.29, 0.717) is 5.00 Å². The van der Waals surface area contributed by atoms with Gasteiger partial charge in [0.1, 0.15) is 5.00 Å². The Morgan fingerprint density at radius 1 is 1.40 bits per heavy atom. The molecule has 1 aromatic heterocycles. The van der Waals surface area contributed by atoms with Gasteiger partial charge in [-0.05, 0) is 29.8 Å². The zero-order valence-corrected chi connectivity index (χ0v) is 13.8. The van der Waals surface area contributed by atoms with Gasteiger partial charge in [0.15, 0.2) is 10.7 Å². The number of hydrogen-bond donors (Lipinski definition) is 2. The molecule has 0 spiro atoms. The van der Waals surface area contributed by atoms with Gasteiger partial charge in [0, 0.05) is 20.6 Å². The maximum absolute atomic E-state index is 12.3. The summed E-state index contributed by atoms with van der Waals surface area (Å²) in [7, 11) is -0.578. The summed E-state index contributed by atoms with van der Waals surface area (Å²) in [5.41, 5.74) is 5.97. The molecule has 8 heteroatoms. The van der Waals surface area contributed by atoms with Crippen LogP contribution in [0.25, 0.3) is 0 Å². The first-order valence-corrected chi connectivity index (χ1v) is 8.89. The summed E-state index contributed by atoms with van der Waals surface area (Å²) in [6, 6.07) is 0. The zero-order chi connectivity index (χ0) is 15.0. The molecule has 1 aromatic rings. The van der Waals surface area contributed by atoms with Gasteiger partial charge in [0.25, 0.3) is 0 Å². The molecule has 1 aliphatic rings. The van der Waals surface area contributed by atoms with Crippen LogP contribution in [0.5, 0.6) is 0 Å². The molecule has 0 unspecified atom stereocenters. The summed E-state index contributed by atoms with van der Waals surface area (Å²) >= 11 is 1.11. The molecular weight excluding hydrogens is 296 g/mol. The summed E-state index contributed by atoms with van der Waals surface area (Å²) in [5.74, 6) is 0.0720. The second kappa shape index (κ2) is 5.50. The van der Waals surface area contributed by atoms with Crippen molar-refractivity contribution >= 4 is 32.4 Å². The Balaban J connectivity index is 2.22. The lowest BCUT2D eigenvalue weighted by molar-refractivity contribution is 0.362. The molecule has 1 heterocycles. The average Bonchev–Trinajstić information content (AvgIpc) is 2.94. The Labute approximate surface area is 124 Å². The van der Waals surface area contributed by atoms with Crippen LogP contribution in [-0.4, -0.2) is 37.7 Å². The molecule has 0 amide bonds. The highest BCUT2D eigenvalue weighted by Crippen LogP contribution is 2.39. The lowest BCUT2D eigenvalue weighted by atomic mass is 9.89. The third-order valence-electron chi connectivity index (χ3n) is 3.90. The van der Waals surface area contributed by atoms with E-state index in [1.165, 1.54) is 39.8 Å². The number of nitrogens with one attached hydrogen (secondary N) is 1. The van der Waals surface area contributed by atoms with Crippen molar-refractivity contribution in [3.05, 3.63) is 0 Å². The van der Waals surface area contributed by atoms with Crippen molar-refractivity contribution in [2.24, 2.45) is 5.41 Å². The number of nitrogen functional groups attached to an aromatic ring is 1. The van der Waals surface area contributed by atoms with Crippen LogP contribution in [0, 0.1) is 5.41 Å². The van der Waals surface area contributed by atoms with Crippen molar-refractivity contribution in [1.29, 1.82) is 0 Å². The highest BCUT2D eigenvalue weighted by molar-refractivity contribution is 7.89. The van der Waals surface area contributed by atoms with Crippen LogP contribution in [0.3, 0.4) is 0 Å². The number of nitrogens with zero attached hydrogens (tertiary/aromatic N) is 2. The highest BCUT2D eigenvalue weighted by atomic mass is 32.2. The predicted molar refractivity (Wildman–Crippen MR) is 82.5 cm³/mol. The summed E-state index contributed by atoms with van der Waals surface area (Å²) in [6.07, 6.45) is 4.83. The molecule has 0 atom stereocenters. The smallest absolute Gasteiger partial charge is 0.249 e. The van der Waals surface area contributed by atoms with Crippen molar-refractivity contribution in [1.82, 2.24) is 8.68 Å². The molecule has 1 saturated carbocycles. The van der Waals surface area contributed by atoms with Gasteiger partial charge in [-0.3, -0.25) is 0 Å². The normalized spacial score (nSPS) is 18.6. The van der Waals surface area contributed by atoms with E-state index in [0.717, 1.165) is 22.4 Å². The molecule has 3 N–H and O–H groups in total. The van der Waals surface area contributed by atoms with Gasteiger partial charge in [-0.15, -0.1) is 0 Å². The van der Waals surface area contributed by atoms with E-state index < -0.39 is 10.0 Å². The lowest BCUT2D eigenvalue weighted by Crippen LogP contribution is -2.26. The number of aromatic nitrogens is 1. The van der Waals surface area contributed by atoms with Crippen molar-refractivity contribution in [2.45, 2.75) is 37.5 Å². The second-order valence-electron chi connectivity index (χ2n) is 5.88. The molecular formula is C12H22N4O2S2. The van der Waals surface area contributed by atoms with Gasteiger partial charge in [-0.25, -0.2) is 12.7 Å². The largest absolute Gasteiger partial charge is 0.382 e. The standard InChI is InChI=1S/C12H22N4O2S2/c1-12(6-4-5-7-12)8-14-11-9(10(13)15-19-11)20(17,18)16(2)3/h14H,4-8H2,1-3H3,(H2,13,15). The van der Waals surface area contributed by atoms with Crippen LogP contribution < -0.4 is 11.1 Å². The van der Waals surface area contributed by atoms with E-state index in [2.05, 4.69) is 16.6 Å². The topological polar surface area (TPSA) is 88.3 Å². The first-order valence-electron chi connectivity index (χ1n) is 6.68. The Morgan fingerprint density at radius 3 is 2.55 bits per heavy atom. The number of anilines is 2. The zero-order valence-electron chi connectivity index (χ0n) is 12.1. The Hall–Kier alpha value is -0.860. The summed E-state index contributed by atoms with van der Waals surface area (Å²) in [4.78, 5) is 0.106. The van der Waals surface area contributed by atoms with E-state index in [4.69, 9.17) is 5.73 Å². The second-order valence-corrected chi connectivity index (χ2v) is 8.75. The molecule has 20 heavy (non-hydrogen) atoms. The number of sulfonamides is 1. The van der Waals surface area contributed by atoms with E-state index in [1.807, 2.05) is 0 Å². The maximum Gasteiger partial charge on any atom is 0.249 e. The predicted octanol–water partition coefficient (Wildman–Crippen LogP) is 1.97. The van der Waals surface area contributed by atoms with Crippen molar-refractivity contribution in [2.75, 3.05) is 31.7 Å². The first-order chi connectivity index (χ1) is 9.26. The summed E-state index contributed by atoms with van der Waals surface area (Å²) < 4.78 is 29.7. The van der Waals surface area contributed by atoms with E-state index in [9.17, 15) is 8.42 Å². The van der Waals surface area contributed by atoms with Crippen molar-refractivity contribution < 1.29 is 8.42 Å². The van der Waals surface area contributed by atoms with Crippen molar-refractivity contribution in [3.63, 3.8) is 0 Å². The number of nitrogens with two attached hydrogens (primary N) is 1. The minimum absolute atomic E-state index is 0.0720. The fourth-order valence-corrected chi connectivity index (χ4v) is 4.61. The average molecular weight is 318 g/mol. The van der Waals surface area contributed by atoms with Gasteiger partial charge < -0.3 is 11.1 Å². The quantitative estimate of drug-likeness (QED) is 0.866. The fraction of sp³-hybridized carbons (Fsp3) is 0.750. The van der Waals surface area contributed by atoms with Gasteiger partial charge in [-0.1, -0.05) is 19.8 Å². The Bertz CT molecular complexity index is 574. The van der Waals surface area contributed by atoms with Crippen LogP contribution in [0.15, 0.2) is 4.90 Å². The van der Waals surface area contributed by atoms with E-state index in [1.54, 1.807) is 0 Å². The van der Waals surface area contributed by atoms with Crippen LogP contribution in [0.4, 0.5) is 10.8 Å². The van der Waals surface area contributed by atoms with Gasteiger partial charge in [-0.2, -0.15) is 4.37 Å². The van der Waals surface area contributed by atoms with Gasteiger partial charge in [0.2, 0.25) is 10.0 Å². The van der Waals surface area contributed by atoms with Gasteiger partial charge in [0.05, 0.1) is 0 Å². The monoisotopic (exact) mass is 318 g/mol. The molecule has 1 aliphatic carbocycles. The fourth-order valence-electron chi connectivity index (χ4n) is 2.54. The first kappa shape index (κ1) is 15.5. The van der Waals surface area contributed by atoms with Crippen LogP contribution in [-0.2, 0) is 10.0 Å². The van der Waals surface area contributed by atoms with E-state index in [-0.39, 0.29) is 16.1 Å². The summed E-state index contributed by atoms with van der Waals surface area (Å²) in [6.45, 7) is 2.99. The van der Waals surface area contributed by atoms with E-state index >= 15 is 0 Å². The minimum Gasteiger partial charge on any atom is -0.382 e. The molecule has 0 aromatic carbocycles. The number of hydrogen-bond acceptors (Lipinski definition) is 6. The third-order valence-corrected chi connectivity index (χ3v) is 6.74. The van der Waals surface area contributed by atoms with Gasteiger partial charge >= 0.3 is 0 Å². The molecule has 6 nitrogen and oxygen atoms in total. The molecule has 1 fully saturated rings. The third kappa shape index (κ3) is 2.91. The van der Waals surface area contributed by atoms with Crippen molar-refractivity contribution in [3.8, 4) is 0 Å². The summed E-state index contributed by atoms with van der Waals surface area (Å²) in [5, 5.41) is 3.79. The van der Waals surface area contributed by atoms with Crippen LogP contribution in [0.2, 0.25) is 0 Å². The molecule has 0 radical (unpaired) electrons. The molecule has 0 bridgehead atoms. The molecule has 2 rings (SSSR count). The Morgan fingerprint density at radius 2 is 2.00 bits per heavy atom. The van der Waals surface area contributed by atoms with Crippen LogP contribution >= 0.6 is 11.5 Å².